The molecule has 20 heavy (non-hydrogen) atoms. The standard InChI is InChI=1S/C18H30N2/c1-4-6-13-20(16-11-12-16)18(17(19)5-2)15-9-7-14(3)8-10-15/h7-10,16-18H,4-6,11-13,19H2,1-3H3. The predicted octanol–water partition coefficient (Wildman–Crippen LogP) is 4.04. The number of aryl methyl sites for hydroxylation is 1. The first kappa shape index (κ1) is 15.5. The van der Waals surface area contributed by atoms with Crippen molar-refractivity contribution in [3.05, 3.63) is 35.4 Å². The van der Waals surface area contributed by atoms with Gasteiger partial charge in [-0.15, -0.1) is 0 Å². The van der Waals surface area contributed by atoms with E-state index in [1.54, 1.807) is 0 Å². The molecule has 0 heterocycles. The molecule has 0 amide bonds. The lowest BCUT2D eigenvalue weighted by Gasteiger charge is -2.36. The van der Waals surface area contributed by atoms with Crippen molar-refractivity contribution in [2.24, 2.45) is 5.73 Å². The van der Waals surface area contributed by atoms with Crippen LogP contribution in [-0.2, 0) is 0 Å². The van der Waals surface area contributed by atoms with Crippen LogP contribution in [0.5, 0.6) is 0 Å². The molecule has 1 aromatic carbocycles. The van der Waals surface area contributed by atoms with E-state index in [9.17, 15) is 0 Å². The Morgan fingerprint density at radius 1 is 1.20 bits per heavy atom. The molecule has 0 saturated heterocycles. The van der Waals surface area contributed by atoms with Crippen LogP contribution >= 0.6 is 0 Å². The van der Waals surface area contributed by atoms with Crippen molar-refractivity contribution in [1.29, 1.82) is 0 Å². The second-order valence-electron chi connectivity index (χ2n) is 6.25. The maximum Gasteiger partial charge on any atom is 0.0501 e. The fourth-order valence-corrected chi connectivity index (χ4v) is 2.97. The molecule has 2 atom stereocenters. The number of benzene rings is 1. The molecule has 1 aromatic rings. The quantitative estimate of drug-likeness (QED) is 0.775. The van der Waals surface area contributed by atoms with Gasteiger partial charge < -0.3 is 5.73 Å². The van der Waals surface area contributed by atoms with Crippen LogP contribution in [0.4, 0.5) is 0 Å². The van der Waals surface area contributed by atoms with Gasteiger partial charge in [0.15, 0.2) is 0 Å². The first-order valence-electron chi connectivity index (χ1n) is 8.25. The summed E-state index contributed by atoms with van der Waals surface area (Å²) in [4.78, 5) is 2.68. The molecular formula is C18H30N2. The predicted molar refractivity (Wildman–Crippen MR) is 86.8 cm³/mol. The summed E-state index contributed by atoms with van der Waals surface area (Å²) >= 11 is 0. The van der Waals surface area contributed by atoms with Crippen LogP contribution in [0.3, 0.4) is 0 Å². The van der Waals surface area contributed by atoms with Gasteiger partial charge in [0.05, 0.1) is 6.04 Å². The summed E-state index contributed by atoms with van der Waals surface area (Å²) in [5, 5.41) is 0. The Bertz CT molecular complexity index is 394. The van der Waals surface area contributed by atoms with Crippen molar-refractivity contribution >= 4 is 0 Å². The minimum absolute atomic E-state index is 0.232. The van der Waals surface area contributed by atoms with Gasteiger partial charge in [-0.1, -0.05) is 50.1 Å². The monoisotopic (exact) mass is 274 g/mol. The van der Waals surface area contributed by atoms with Gasteiger partial charge in [0.2, 0.25) is 0 Å². The van der Waals surface area contributed by atoms with Crippen molar-refractivity contribution in [2.75, 3.05) is 6.54 Å². The average molecular weight is 274 g/mol. The van der Waals surface area contributed by atoms with Gasteiger partial charge in [0, 0.05) is 12.1 Å². The van der Waals surface area contributed by atoms with E-state index in [1.807, 2.05) is 0 Å². The molecule has 0 aromatic heterocycles. The van der Waals surface area contributed by atoms with E-state index in [0.29, 0.717) is 6.04 Å². The topological polar surface area (TPSA) is 29.3 Å². The van der Waals surface area contributed by atoms with Gasteiger partial charge in [-0.25, -0.2) is 0 Å². The average Bonchev–Trinajstić information content (AvgIpc) is 3.28. The molecule has 1 fully saturated rings. The van der Waals surface area contributed by atoms with E-state index in [0.717, 1.165) is 12.5 Å². The van der Waals surface area contributed by atoms with Crippen LogP contribution in [0.1, 0.15) is 63.1 Å². The molecule has 0 bridgehead atoms. The summed E-state index contributed by atoms with van der Waals surface area (Å²) in [5.41, 5.74) is 9.20. The molecular weight excluding hydrogens is 244 g/mol. The van der Waals surface area contributed by atoms with Gasteiger partial charge in [-0.05, 0) is 44.7 Å². The van der Waals surface area contributed by atoms with Crippen molar-refractivity contribution in [3.8, 4) is 0 Å². The Balaban J connectivity index is 2.22. The Kier molecular flexibility index (Phi) is 5.62. The minimum atomic E-state index is 0.232. The summed E-state index contributed by atoms with van der Waals surface area (Å²) in [5.74, 6) is 0. The fourth-order valence-electron chi connectivity index (χ4n) is 2.97. The first-order chi connectivity index (χ1) is 9.67. The number of hydrogen-bond acceptors (Lipinski definition) is 2. The lowest BCUT2D eigenvalue weighted by molar-refractivity contribution is 0.157. The number of hydrogen-bond donors (Lipinski definition) is 1. The van der Waals surface area contributed by atoms with E-state index in [2.05, 4.69) is 49.9 Å². The number of nitrogens with zero attached hydrogens (tertiary/aromatic N) is 1. The van der Waals surface area contributed by atoms with E-state index in [-0.39, 0.29) is 6.04 Å². The van der Waals surface area contributed by atoms with E-state index in [1.165, 1.54) is 43.4 Å². The largest absolute Gasteiger partial charge is 0.326 e. The van der Waals surface area contributed by atoms with Crippen molar-refractivity contribution in [3.63, 3.8) is 0 Å². The summed E-state index contributed by atoms with van der Waals surface area (Å²) in [6.07, 6.45) is 6.26. The maximum absolute atomic E-state index is 6.48. The van der Waals surface area contributed by atoms with Crippen LogP contribution in [0, 0.1) is 6.92 Å². The van der Waals surface area contributed by atoms with Crippen LogP contribution < -0.4 is 5.73 Å². The molecule has 112 valence electrons. The Morgan fingerprint density at radius 3 is 2.35 bits per heavy atom. The van der Waals surface area contributed by atoms with Gasteiger partial charge in [0.1, 0.15) is 0 Å². The Labute approximate surface area is 124 Å². The lowest BCUT2D eigenvalue weighted by atomic mass is 9.95. The third kappa shape index (κ3) is 3.83. The fraction of sp³-hybridized carbons (Fsp3) is 0.667. The molecule has 2 rings (SSSR count). The van der Waals surface area contributed by atoms with Crippen molar-refractivity contribution < 1.29 is 0 Å². The van der Waals surface area contributed by atoms with Gasteiger partial charge in [-0.2, -0.15) is 0 Å². The molecule has 0 aliphatic heterocycles. The Morgan fingerprint density at radius 2 is 1.85 bits per heavy atom. The van der Waals surface area contributed by atoms with E-state index >= 15 is 0 Å². The van der Waals surface area contributed by atoms with Crippen LogP contribution in [0.2, 0.25) is 0 Å². The van der Waals surface area contributed by atoms with Crippen LogP contribution in [-0.4, -0.2) is 23.5 Å². The third-order valence-electron chi connectivity index (χ3n) is 4.44. The SMILES string of the molecule is CCCCN(C1CC1)C(c1ccc(C)cc1)C(N)CC. The summed E-state index contributed by atoms with van der Waals surface area (Å²) < 4.78 is 0. The zero-order valence-corrected chi connectivity index (χ0v) is 13.3. The second-order valence-corrected chi connectivity index (χ2v) is 6.25. The molecule has 0 radical (unpaired) electrons. The summed E-state index contributed by atoms with van der Waals surface area (Å²) in [7, 11) is 0. The normalized spacial score (nSPS) is 18.2. The highest BCUT2D eigenvalue weighted by Crippen LogP contribution is 2.36. The van der Waals surface area contributed by atoms with Crippen LogP contribution in [0.15, 0.2) is 24.3 Å². The molecule has 2 nitrogen and oxygen atoms in total. The zero-order valence-electron chi connectivity index (χ0n) is 13.3. The van der Waals surface area contributed by atoms with Gasteiger partial charge in [-0.3, -0.25) is 4.90 Å². The molecule has 2 unspecified atom stereocenters. The van der Waals surface area contributed by atoms with Crippen molar-refractivity contribution in [2.45, 2.75) is 71.0 Å². The lowest BCUT2D eigenvalue weighted by Crippen LogP contribution is -2.42. The molecule has 2 heteroatoms. The molecule has 2 N–H and O–H groups in total. The third-order valence-corrected chi connectivity index (χ3v) is 4.44. The minimum Gasteiger partial charge on any atom is -0.326 e. The maximum atomic E-state index is 6.48. The van der Waals surface area contributed by atoms with Gasteiger partial charge in [0.25, 0.3) is 0 Å². The first-order valence-corrected chi connectivity index (χ1v) is 8.25. The molecule has 1 saturated carbocycles. The number of unbranched alkanes of at least 4 members (excludes halogenated alkanes) is 1. The highest BCUT2D eigenvalue weighted by molar-refractivity contribution is 5.26. The second kappa shape index (κ2) is 7.24. The van der Waals surface area contributed by atoms with Crippen molar-refractivity contribution in [1.82, 2.24) is 4.90 Å². The highest BCUT2D eigenvalue weighted by Gasteiger charge is 2.36. The molecule has 0 spiro atoms. The van der Waals surface area contributed by atoms with E-state index < -0.39 is 0 Å². The zero-order chi connectivity index (χ0) is 14.5. The molecule has 1 aliphatic rings. The summed E-state index contributed by atoms with van der Waals surface area (Å²) in [6, 6.07) is 10.4. The number of rotatable bonds is 8. The Hall–Kier alpha value is -0.860. The summed E-state index contributed by atoms with van der Waals surface area (Å²) in [6.45, 7) is 7.81. The smallest absolute Gasteiger partial charge is 0.0501 e. The van der Waals surface area contributed by atoms with Gasteiger partial charge >= 0.3 is 0 Å². The molecule has 1 aliphatic carbocycles. The highest BCUT2D eigenvalue weighted by atomic mass is 15.2. The van der Waals surface area contributed by atoms with E-state index in [4.69, 9.17) is 5.73 Å². The van der Waals surface area contributed by atoms with Crippen LogP contribution in [0.25, 0.3) is 0 Å². The number of nitrogens with two attached hydrogens (primary N) is 1.